The van der Waals surface area contributed by atoms with Gasteiger partial charge in [-0.25, -0.2) is 4.39 Å². The molecule has 0 bridgehead atoms. The number of aromatic nitrogens is 1. The molecule has 0 aliphatic carbocycles. The first-order chi connectivity index (χ1) is 8.06. The fourth-order valence-electron chi connectivity index (χ4n) is 1.65. The maximum absolute atomic E-state index is 13.2. The molecule has 0 saturated carbocycles. The number of aliphatic hydroxyl groups is 1. The number of aryl methyl sites for hydroxylation is 1. The second kappa shape index (κ2) is 4.94. The monoisotopic (exact) mass is 295 g/mol. The zero-order valence-corrected chi connectivity index (χ0v) is 10.8. The summed E-state index contributed by atoms with van der Waals surface area (Å²) in [6.45, 7) is 1.89. The first-order valence-corrected chi connectivity index (χ1v) is 5.91. The largest absolute Gasteiger partial charge is 0.384 e. The quantitative estimate of drug-likeness (QED) is 0.921. The standard InChI is InChI=1S/C13H11BrFNO/c1-8-2-10(7-16-6-8)13(17)9-3-11(14)5-12(15)4-9/h2-7,13,17H,1H3. The first kappa shape index (κ1) is 12.2. The number of rotatable bonds is 2. The number of hydrogen-bond acceptors (Lipinski definition) is 2. The van der Waals surface area contributed by atoms with E-state index in [9.17, 15) is 9.50 Å². The van der Waals surface area contributed by atoms with Gasteiger partial charge in [0.1, 0.15) is 11.9 Å². The van der Waals surface area contributed by atoms with Gasteiger partial charge in [0.15, 0.2) is 0 Å². The van der Waals surface area contributed by atoms with Crippen molar-refractivity contribution in [2.24, 2.45) is 0 Å². The molecule has 0 fully saturated rings. The van der Waals surface area contributed by atoms with Gasteiger partial charge in [0, 0.05) is 22.4 Å². The van der Waals surface area contributed by atoms with Crippen LogP contribution in [0.2, 0.25) is 0 Å². The van der Waals surface area contributed by atoms with Gasteiger partial charge in [0.25, 0.3) is 0 Å². The summed E-state index contributed by atoms with van der Waals surface area (Å²) in [5, 5.41) is 10.1. The van der Waals surface area contributed by atoms with E-state index < -0.39 is 6.10 Å². The molecule has 1 heterocycles. The van der Waals surface area contributed by atoms with Gasteiger partial charge in [-0.15, -0.1) is 0 Å². The van der Waals surface area contributed by atoms with Gasteiger partial charge in [0.05, 0.1) is 0 Å². The molecule has 17 heavy (non-hydrogen) atoms. The Labute approximate surface area is 107 Å². The van der Waals surface area contributed by atoms with Crippen LogP contribution >= 0.6 is 15.9 Å². The smallest absolute Gasteiger partial charge is 0.124 e. The first-order valence-electron chi connectivity index (χ1n) is 5.12. The van der Waals surface area contributed by atoms with Crippen LogP contribution in [0.4, 0.5) is 4.39 Å². The van der Waals surface area contributed by atoms with Crippen LogP contribution in [-0.2, 0) is 0 Å². The molecule has 1 atom stereocenters. The number of aliphatic hydroxyl groups excluding tert-OH is 1. The Hall–Kier alpha value is -1.26. The molecule has 0 spiro atoms. The summed E-state index contributed by atoms with van der Waals surface area (Å²) in [5.41, 5.74) is 2.11. The average Bonchev–Trinajstić information content (AvgIpc) is 2.26. The van der Waals surface area contributed by atoms with E-state index >= 15 is 0 Å². The van der Waals surface area contributed by atoms with Crippen LogP contribution < -0.4 is 0 Å². The van der Waals surface area contributed by atoms with Gasteiger partial charge in [0.2, 0.25) is 0 Å². The van der Waals surface area contributed by atoms with Crippen molar-refractivity contribution in [3.8, 4) is 0 Å². The number of halogens is 2. The highest BCUT2D eigenvalue weighted by Crippen LogP contribution is 2.25. The van der Waals surface area contributed by atoms with E-state index in [-0.39, 0.29) is 5.82 Å². The van der Waals surface area contributed by atoms with E-state index in [2.05, 4.69) is 20.9 Å². The van der Waals surface area contributed by atoms with E-state index in [4.69, 9.17) is 0 Å². The maximum atomic E-state index is 13.2. The molecule has 1 N–H and O–H groups in total. The number of benzene rings is 1. The van der Waals surface area contributed by atoms with Crippen LogP contribution in [0.3, 0.4) is 0 Å². The van der Waals surface area contributed by atoms with Gasteiger partial charge in [-0.1, -0.05) is 22.0 Å². The summed E-state index contributed by atoms with van der Waals surface area (Å²) >= 11 is 3.20. The third-order valence-electron chi connectivity index (χ3n) is 2.41. The van der Waals surface area contributed by atoms with Crippen molar-refractivity contribution >= 4 is 15.9 Å². The number of hydrogen-bond donors (Lipinski definition) is 1. The number of pyridine rings is 1. The highest BCUT2D eigenvalue weighted by molar-refractivity contribution is 9.10. The third kappa shape index (κ3) is 2.90. The molecule has 0 radical (unpaired) electrons. The van der Waals surface area contributed by atoms with E-state index in [1.54, 1.807) is 18.5 Å². The summed E-state index contributed by atoms with van der Waals surface area (Å²) in [7, 11) is 0. The van der Waals surface area contributed by atoms with Gasteiger partial charge < -0.3 is 5.11 Å². The van der Waals surface area contributed by atoms with E-state index in [1.807, 2.05) is 13.0 Å². The molecule has 0 aliphatic heterocycles. The van der Waals surface area contributed by atoms with Gasteiger partial charge in [-0.05, 0) is 36.2 Å². The lowest BCUT2D eigenvalue weighted by Crippen LogP contribution is -2.01. The van der Waals surface area contributed by atoms with E-state index in [0.29, 0.717) is 15.6 Å². The lowest BCUT2D eigenvalue weighted by Gasteiger charge is -2.12. The Morgan fingerprint density at radius 1 is 1.18 bits per heavy atom. The van der Waals surface area contributed by atoms with Crippen LogP contribution in [0.1, 0.15) is 22.8 Å². The van der Waals surface area contributed by atoms with Crippen LogP contribution in [0, 0.1) is 12.7 Å². The molecule has 1 aromatic carbocycles. The zero-order valence-electron chi connectivity index (χ0n) is 9.19. The fourth-order valence-corrected chi connectivity index (χ4v) is 2.14. The molecule has 2 nitrogen and oxygen atoms in total. The van der Waals surface area contributed by atoms with Gasteiger partial charge in [-0.2, -0.15) is 0 Å². The second-order valence-corrected chi connectivity index (χ2v) is 4.82. The molecular weight excluding hydrogens is 285 g/mol. The lowest BCUT2D eigenvalue weighted by atomic mass is 10.0. The summed E-state index contributed by atoms with van der Waals surface area (Å²) < 4.78 is 13.8. The van der Waals surface area contributed by atoms with Crippen molar-refractivity contribution in [1.29, 1.82) is 0 Å². The fraction of sp³-hybridized carbons (Fsp3) is 0.154. The Bertz CT molecular complexity index is 524. The lowest BCUT2D eigenvalue weighted by molar-refractivity contribution is 0.219. The van der Waals surface area contributed by atoms with Crippen molar-refractivity contribution in [2.75, 3.05) is 0 Å². The highest BCUT2D eigenvalue weighted by Gasteiger charge is 2.12. The van der Waals surface area contributed by atoms with Gasteiger partial charge >= 0.3 is 0 Å². The summed E-state index contributed by atoms with van der Waals surface area (Å²) in [5.74, 6) is -0.381. The van der Waals surface area contributed by atoms with Crippen molar-refractivity contribution in [1.82, 2.24) is 4.98 Å². The predicted octanol–water partition coefficient (Wildman–Crippen LogP) is 3.37. The van der Waals surface area contributed by atoms with Crippen molar-refractivity contribution in [3.63, 3.8) is 0 Å². The van der Waals surface area contributed by atoms with Crippen LogP contribution in [0.5, 0.6) is 0 Å². The molecule has 2 aromatic rings. The Morgan fingerprint density at radius 3 is 2.59 bits per heavy atom. The minimum atomic E-state index is -0.866. The highest BCUT2D eigenvalue weighted by atomic mass is 79.9. The third-order valence-corrected chi connectivity index (χ3v) is 2.87. The molecule has 0 amide bonds. The molecule has 2 rings (SSSR count). The van der Waals surface area contributed by atoms with Gasteiger partial charge in [-0.3, -0.25) is 4.98 Å². The molecule has 88 valence electrons. The van der Waals surface area contributed by atoms with Crippen molar-refractivity contribution in [3.05, 3.63) is 63.6 Å². The molecular formula is C13H11BrFNO. The van der Waals surface area contributed by atoms with Crippen LogP contribution in [-0.4, -0.2) is 10.1 Å². The Kier molecular flexibility index (Phi) is 3.54. The van der Waals surface area contributed by atoms with Crippen molar-refractivity contribution < 1.29 is 9.50 Å². The van der Waals surface area contributed by atoms with E-state index in [0.717, 1.165) is 5.56 Å². The maximum Gasteiger partial charge on any atom is 0.124 e. The topological polar surface area (TPSA) is 33.1 Å². The second-order valence-electron chi connectivity index (χ2n) is 3.90. The van der Waals surface area contributed by atoms with Crippen molar-refractivity contribution in [2.45, 2.75) is 13.0 Å². The summed E-state index contributed by atoms with van der Waals surface area (Å²) in [6, 6.07) is 6.19. The molecule has 4 heteroatoms. The zero-order chi connectivity index (χ0) is 12.4. The van der Waals surface area contributed by atoms with E-state index in [1.165, 1.54) is 12.1 Å². The van der Waals surface area contributed by atoms with Crippen LogP contribution in [0.15, 0.2) is 41.1 Å². The molecule has 0 saturated heterocycles. The summed E-state index contributed by atoms with van der Waals surface area (Å²) in [6.07, 6.45) is 2.42. The minimum absolute atomic E-state index is 0.381. The average molecular weight is 296 g/mol. The SMILES string of the molecule is Cc1cncc(C(O)c2cc(F)cc(Br)c2)c1. The Balaban J connectivity index is 2.39. The molecule has 1 unspecified atom stereocenters. The molecule has 0 aliphatic rings. The predicted molar refractivity (Wildman–Crippen MR) is 67.1 cm³/mol. The molecule has 1 aromatic heterocycles. The van der Waals surface area contributed by atoms with Crippen LogP contribution in [0.25, 0.3) is 0 Å². The normalized spacial score (nSPS) is 12.5. The minimum Gasteiger partial charge on any atom is -0.384 e. The number of nitrogens with zero attached hydrogens (tertiary/aromatic N) is 1. The Morgan fingerprint density at radius 2 is 1.94 bits per heavy atom. The summed E-state index contributed by atoms with van der Waals surface area (Å²) in [4.78, 5) is 4.01.